The number of benzene rings is 3. The van der Waals surface area contributed by atoms with Crippen molar-refractivity contribution in [2.45, 2.75) is 0 Å². The van der Waals surface area contributed by atoms with Crippen LogP contribution in [0.15, 0.2) is 91.0 Å². The highest BCUT2D eigenvalue weighted by Crippen LogP contribution is 2.33. The van der Waals surface area contributed by atoms with Gasteiger partial charge in [-0.1, -0.05) is 72.8 Å². The van der Waals surface area contributed by atoms with Crippen molar-refractivity contribution in [3.05, 3.63) is 96.6 Å². The summed E-state index contributed by atoms with van der Waals surface area (Å²) in [7, 11) is -3.73. The average molecular weight is 506 g/mol. The second-order valence-electron chi connectivity index (χ2n) is 8.65. The number of piperazine rings is 1. The van der Waals surface area contributed by atoms with E-state index in [4.69, 9.17) is 4.74 Å². The first kappa shape index (κ1) is 25.5. The molecule has 1 amide bonds. The number of anilines is 1. The van der Waals surface area contributed by atoms with Crippen LogP contribution in [-0.4, -0.2) is 69.6 Å². The lowest BCUT2D eigenvalue weighted by atomic mass is 10.2. The molecule has 0 aromatic heterocycles. The molecule has 8 heteroatoms. The minimum atomic E-state index is -3.73. The van der Waals surface area contributed by atoms with Gasteiger partial charge in [-0.25, -0.2) is 8.42 Å². The van der Waals surface area contributed by atoms with Gasteiger partial charge < -0.3 is 9.64 Å². The van der Waals surface area contributed by atoms with Crippen LogP contribution < -0.4 is 9.04 Å². The topological polar surface area (TPSA) is 70.2 Å². The third-order valence-electron chi connectivity index (χ3n) is 5.98. The highest BCUT2D eigenvalue weighted by Gasteiger charge is 2.28. The molecule has 1 heterocycles. The average Bonchev–Trinajstić information content (AvgIpc) is 2.89. The number of hydrogen-bond donors (Lipinski definition) is 0. The van der Waals surface area contributed by atoms with E-state index in [1.165, 1.54) is 0 Å². The lowest BCUT2D eigenvalue weighted by Gasteiger charge is -2.35. The summed E-state index contributed by atoms with van der Waals surface area (Å²) >= 11 is 0. The van der Waals surface area contributed by atoms with Gasteiger partial charge in [0.2, 0.25) is 15.9 Å². The zero-order valence-electron chi connectivity index (χ0n) is 20.4. The summed E-state index contributed by atoms with van der Waals surface area (Å²) in [6.45, 7) is 3.10. The van der Waals surface area contributed by atoms with Gasteiger partial charge in [-0.15, -0.1) is 0 Å². The number of hydrogen-bond acceptors (Lipinski definition) is 5. The van der Waals surface area contributed by atoms with Gasteiger partial charge in [-0.2, -0.15) is 0 Å². The minimum absolute atomic E-state index is 0.227. The Morgan fingerprint density at radius 2 is 1.50 bits per heavy atom. The molecule has 7 nitrogen and oxygen atoms in total. The van der Waals surface area contributed by atoms with Crippen LogP contribution in [0.25, 0.3) is 6.08 Å². The van der Waals surface area contributed by atoms with Crippen LogP contribution in [0, 0.1) is 0 Å². The highest BCUT2D eigenvalue weighted by atomic mass is 32.2. The number of ether oxygens (including phenoxy) is 1. The summed E-state index contributed by atoms with van der Waals surface area (Å²) in [6.07, 6.45) is 5.33. The van der Waals surface area contributed by atoms with Gasteiger partial charge in [0.1, 0.15) is 12.3 Å². The van der Waals surface area contributed by atoms with E-state index in [0.717, 1.165) is 35.8 Å². The second-order valence-corrected chi connectivity index (χ2v) is 10.6. The quantitative estimate of drug-likeness (QED) is 0.438. The minimum Gasteiger partial charge on any atom is -0.455 e. The van der Waals surface area contributed by atoms with Crippen molar-refractivity contribution in [3.8, 4) is 11.5 Å². The van der Waals surface area contributed by atoms with Crippen molar-refractivity contribution in [3.63, 3.8) is 0 Å². The van der Waals surface area contributed by atoms with E-state index >= 15 is 0 Å². The Labute approximate surface area is 213 Å². The molecule has 0 atom stereocenters. The first-order chi connectivity index (χ1) is 17.4. The third kappa shape index (κ3) is 6.96. The van der Waals surface area contributed by atoms with Crippen LogP contribution in [0.4, 0.5) is 5.69 Å². The van der Waals surface area contributed by atoms with Crippen LogP contribution >= 0.6 is 0 Å². The Kier molecular flexibility index (Phi) is 8.40. The van der Waals surface area contributed by atoms with Crippen molar-refractivity contribution in [1.29, 1.82) is 0 Å². The van der Waals surface area contributed by atoms with E-state index in [1.807, 2.05) is 36.4 Å². The molecule has 36 heavy (non-hydrogen) atoms. The Morgan fingerprint density at radius 1 is 0.889 bits per heavy atom. The van der Waals surface area contributed by atoms with Crippen LogP contribution in [0.2, 0.25) is 0 Å². The van der Waals surface area contributed by atoms with Crippen LogP contribution in [0.5, 0.6) is 11.5 Å². The van der Waals surface area contributed by atoms with Crippen molar-refractivity contribution >= 4 is 27.7 Å². The van der Waals surface area contributed by atoms with Crippen molar-refractivity contribution < 1.29 is 17.9 Å². The maximum absolute atomic E-state index is 13.2. The molecular formula is C28H31N3O4S. The molecule has 0 unspecified atom stereocenters. The summed E-state index contributed by atoms with van der Waals surface area (Å²) in [5, 5.41) is 0. The number of nitrogens with zero attached hydrogens (tertiary/aromatic N) is 3. The summed E-state index contributed by atoms with van der Waals surface area (Å²) in [5.74, 6) is 0.730. The third-order valence-corrected chi connectivity index (χ3v) is 7.11. The van der Waals surface area contributed by atoms with Gasteiger partial charge in [0.25, 0.3) is 0 Å². The molecule has 3 aromatic rings. The van der Waals surface area contributed by atoms with Crippen LogP contribution in [-0.2, 0) is 14.8 Å². The fourth-order valence-corrected chi connectivity index (χ4v) is 4.90. The van der Waals surface area contributed by atoms with Gasteiger partial charge in [-0.3, -0.25) is 14.0 Å². The molecule has 0 radical (unpaired) electrons. The molecule has 188 valence electrons. The molecule has 1 saturated heterocycles. The zero-order chi connectivity index (χ0) is 25.4. The Balaban J connectivity index is 1.39. The van der Waals surface area contributed by atoms with Gasteiger partial charge in [-0.05, 0) is 29.8 Å². The lowest BCUT2D eigenvalue weighted by molar-refractivity contribution is -0.131. The Hall–Kier alpha value is -3.62. The number of rotatable bonds is 9. The summed E-state index contributed by atoms with van der Waals surface area (Å²) in [5.41, 5.74) is 1.49. The van der Waals surface area contributed by atoms with Crippen molar-refractivity contribution in [1.82, 2.24) is 9.80 Å². The standard InChI is InChI=1S/C28H31N3O4S/c1-36(33,34)31(26-16-8-9-17-27(26)35-25-14-6-3-7-15-25)23-28(32)30-21-19-29(20-22-30)18-10-13-24-11-4-2-5-12-24/h2-17H,18-23H2,1H3/b13-10+. The summed E-state index contributed by atoms with van der Waals surface area (Å²) in [6, 6.07) is 26.1. The highest BCUT2D eigenvalue weighted by molar-refractivity contribution is 7.92. The molecule has 0 bridgehead atoms. The molecule has 1 aliphatic heterocycles. The first-order valence-electron chi connectivity index (χ1n) is 11.9. The number of sulfonamides is 1. The fraction of sp³-hybridized carbons (Fsp3) is 0.250. The first-order valence-corrected chi connectivity index (χ1v) is 13.8. The number of carbonyl (C=O) groups excluding carboxylic acids is 1. The van der Waals surface area contributed by atoms with E-state index in [2.05, 4.69) is 29.2 Å². The summed E-state index contributed by atoms with van der Waals surface area (Å²) in [4.78, 5) is 17.2. The fourth-order valence-electron chi connectivity index (χ4n) is 4.05. The SMILES string of the molecule is CS(=O)(=O)N(CC(=O)N1CCN(C/C=C/c2ccccc2)CC1)c1ccccc1Oc1ccccc1. The van der Waals surface area contributed by atoms with Crippen molar-refractivity contribution in [2.24, 2.45) is 0 Å². The molecular weight excluding hydrogens is 474 g/mol. The van der Waals surface area contributed by atoms with Gasteiger partial charge >= 0.3 is 0 Å². The van der Waals surface area contributed by atoms with E-state index in [0.29, 0.717) is 30.3 Å². The summed E-state index contributed by atoms with van der Waals surface area (Å²) < 4.78 is 32.5. The molecule has 1 fully saturated rings. The van der Waals surface area contributed by atoms with E-state index < -0.39 is 10.0 Å². The number of carbonyl (C=O) groups is 1. The smallest absolute Gasteiger partial charge is 0.243 e. The van der Waals surface area contributed by atoms with E-state index in [-0.39, 0.29) is 12.5 Å². The van der Waals surface area contributed by atoms with Gasteiger partial charge in [0, 0.05) is 32.7 Å². The van der Waals surface area contributed by atoms with Gasteiger partial charge in [0.15, 0.2) is 5.75 Å². The second kappa shape index (κ2) is 11.9. The van der Waals surface area contributed by atoms with E-state index in [9.17, 15) is 13.2 Å². The molecule has 4 rings (SSSR count). The zero-order valence-corrected chi connectivity index (χ0v) is 21.2. The Bertz CT molecular complexity index is 1270. The lowest BCUT2D eigenvalue weighted by Crippen LogP contribution is -2.51. The molecule has 0 N–H and O–H groups in total. The monoisotopic (exact) mass is 505 g/mol. The predicted octanol–water partition coefficient (Wildman–Crippen LogP) is 4.10. The maximum atomic E-state index is 13.2. The predicted molar refractivity (Wildman–Crippen MR) is 144 cm³/mol. The van der Waals surface area contributed by atoms with E-state index in [1.54, 1.807) is 41.3 Å². The molecule has 0 aliphatic carbocycles. The van der Waals surface area contributed by atoms with Gasteiger partial charge in [0.05, 0.1) is 11.9 Å². The largest absolute Gasteiger partial charge is 0.455 e. The normalized spacial score (nSPS) is 14.6. The molecule has 0 saturated carbocycles. The molecule has 1 aliphatic rings. The van der Waals surface area contributed by atoms with Crippen LogP contribution in [0.1, 0.15) is 5.56 Å². The Morgan fingerprint density at radius 3 is 2.17 bits per heavy atom. The number of para-hydroxylation sites is 3. The molecule has 3 aromatic carbocycles. The molecule has 0 spiro atoms. The number of amides is 1. The maximum Gasteiger partial charge on any atom is 0.243 e. The van der Waals surface area contributed by atoms with Crippen molar-refractivity contribution in [2.75, 3.05) is 49.8 Å². The van der Waals surface area contributed by atoms with Crippen LogP contribution in [0.3, 0.4) is 0 Å².